The van der Waals surface area contributed by atoms with Gasteiger partial charge in [-0.1, -0.05) is 31.2 Å². The molecule has 0 aliphatic heterocycles. The second kappa shape index (κ2) is 6.09. The Labute approximate surface area is 179 Å². The highest BCUT2D eigenvalue weighted by atomic mass is 16.3. The van der Waals surface area contributed by atoms with E-state index >= 15 is 0 Å². The minimum absolute atomic E-state index is 0.0660. The Hall–Kier alpha value is -1.89. The Morgan fingerprint density at radius 2 is 1.87 bits per heavy atom. The van der Waals surface area contributed by atoms with E-state index in [0.717, 1.165) is 44.9 Å². The van der Waals surface area contributed by atoms with Gasteiger partial charge in [0.15, 0.2) is 0 Å². The molecule has 0 aromatic heterocycles. The predicted molar refractivity (Wildman–Crippen MR) is 116 cm³/mol. The Kier molecular flexibility index (Phi) is 3.82. The molecule has 6 unspecified atom stereocenters. The van der Waals surface area contributed by atoms with Gasteiger partial charge >= 0.3 is 0 Å². The van der Waals surface area contributed by atoms with Gasteiger partial charge in [0.1, 0.15) is 0 Å². The molecule has 2 N–H and O–H groups in total. The average molecular weight is 402 g/mol. The number of nitriles is 1. The summed E-state index contributed by atoms with van der Waals surface area (Å²) in [6, 6.07) is 10.2. The summed E-state index contributed by atoms with van der Waals surface area (Å²) in [7, 11) is 0. The molecule has 3 nitrogen and oxygen atoms in total. The zero-order chi connectivity index (χ0) is 20.7. The van der Waals surface area contributed by atoms with Crippen molar-refractivity contribution in [2.45, 2.75) is 70.0 Å². The molecule has 0 amide bonds. The molecule has 6 rings (SSSR count). The van der Waals surface area contributed by atoms with Crippen molar-refractivity contribution in [2.24, 2.45) is 28.6 Å². The summed E-state index contributed by atoms with van der Waals surface area (Å²) in [4.78, 5) is 0. The minimum atomic E-state index is -0.714. The number of fused-ring (bicyclic) bond motifs is 4. The molecule has 0 radical (unpaired) electrons. The smallest absolute Gasteiger partial charge is 0.0991 e. The van der Waals surface area contributed by atoms with Gasteiger partial charge in [-0.2, -0.15) is 5.26 Å². The van der Waals surface area contributed by atoms with Gasteiger partial charge in [0.25, 0.3) is 0 Å². The van der Waals surface area contributed by atoms with Crippen LogP contribution in [-0.4, -0.2) is 21.9 Å². The van der Waals surface area contributed by atoms with E-state index in [1.165, 1.54) is 23.1 Å². The summed E-state index contributed by atoms with van der Waals surface area (Å²) in [6.45, 7) is 2.34. The third kappa shape index (κ3) is 2.33. The molecule has 0 heterocycles. The first-order valence-electron chi connectivity index (χ1n) is 11.7. The number of aliphatic hydroxyl groups excluding tert-OH is 1. The van der Waals surface area contributed by atoms with Crippen LogP contribution in [-0.2, 0) is 0 Å². The van der Waals surface area contributed by atoms with Crippen LogP contribution in [0.5, 0.6) is 0 Å². The van der Waals surface area contributed by atoms with E-state index in [4.69, 9.17) is 5.26 Å². The first-order chi connectivity index (χ1) is 14.4. The monoisotopic (exact) mass is 401 g/mol. The van der Waals surface area contributed by atoms with Crippen LogP contribution in [0, 0.1) is 39.9 Å². The SMILES string of the molecule is CC12CC=C3C4CC45CC(O)CCC5CC[C@]3(O)C1CC=C2c1ccc(C#N)cc1. The van der Waals surface area contributed by atoms with Crippen molar-refractivity contribution >= 4 is 5.57 Å². The van der Waals surface area contributed by atoms with Crippen molar-refractivity contribution in [2.75, 3.05) is 0 Å². The van der Waals surface area contributed by atoms with E-state index in [2.05, 4.69) is 37.3 Å². The lowest BCUT2D eigenvalue weighted by Crippen LogP contribution is -2.49. The Balaban J connectivity index is 1.37. The van der Waals surface area contributed by atoms with Crippen molar-refractivity contribution in [1.82, 2.24) is 0 Å². The highest BCUT2D eigenvalue weighted by Gasteiger charge is 2.68. The fraction of sp³-hybridized carbons (Fsp3) is 0.593. The predicted octanol–water partition coefficient (Wildman–Crippen LogP) is 4.99. The summed E-state index contributed by atoms with van der Waals surface area (Å²) in [6.07, 6.45) is 12.6. The molecular weight excluding hydrogens is 370 g/mol. The molecule has 3 fully saturated rings. The van der Waals surface area contributed by atoms with Crippen molar-refractivity contribution < 1.29 is 10.2 Å². The van der Waals surface area contributed by atoms with Gasteiger partial charge < -0.3 is 10.2 Å². The Bertz CT molecular complexity index is 1000. The molecule has 1 aromatic carbocycles. The van der Waals surface area contributed by atoms with Crippen molar-refractivity contribution in [3.05, 3.63) is 53.1 Å². The molecule has 0 bridgehead atoms. The van der Waals surface area contributed by atoms with Gasteiger partial charge in [-0.3, -0.25) is 0 Å². The van der Waals surface area contributed by atoms with Crippen molar-refractivity contribution in [1.29, 1.82) is 5.26 Å². The van der Waals surface area contributed by atoms with Gasteiger partial charge in [-0.05, 0) is 97.5 Å². The molecule has 1 spiro atoms. The molecule has 3 saturated carbocycles. The first kappa shape index (κ1) is 18.8. The third-order valence-corrected chi connectivity index (χ3v) is 9.73. The minimum Gasteiger partial charge on any atom is -0.393 e. The third-order valence-electron chi connectivity index (χ3n) is 9.73. The lowest BCUT2D eigenvalue weighted by Gasteiger charge is -2.49. The number of nitrogens with zero attached hydrogens (tertiary/aromatic N) is 1. The van der Waals surface area contributed by atoms with Gasteiger partial charge in [-0.15, -0.1) is 0 Å². The van der Waals surface area contributed by atoms with Crippen LogP contribution in [0.2, 0.25) is 0 Å². The molecule has 3 heteroatoms. The van der Waals surface area contributed by atoms with Crippen LogP contribution < -0.4 is 0 Å². The molecule has 0 saturated heterocycles. The largest absolute Gasteiger partial charge is 0.393 e. The Morgan fingerprint density at radius 1 is 1.07 bits per heavy atom. The molecular formula is C27H31NO2. The van der Waals surface area contributed by atoms with Gasteiger partial charge in [0.05, 0.1) is 23.3 Å². The van der Waals surface area contributed by atoms with Crippen LogP contribution in [0.1, 0.15) is 69.4 Å². The summed E-state index contributed by atoms with van der Waals surface area (Å²) in [5.74, 6) is 1.37. The molecule has 5 aliphatic carbocycles. The fourth-order valence-electron chi connectivity index (χ4n) is 8.16. The average Bonchev–Trinajstić information content (AvgIpc) is 3.31. The maximum atomic E-state index is 12.3. The number of allylic oxidation sites excluding steroid dienone is 3. The van der Waals surface area contributed by atoms with Crippen molar-refractivity contribution in [3.63, 3.8) is 0 Å². The lowest BCUT2D eigenvalue weighted by atomic mass is 9.58. The van der Waals surface area contributed by atoms with E-state index in [9.17, 15) is 10.2 Å². The normalized spacial score (nSPS) is 46.2. The van der Waals surface area contributed by atoms with E-state index in [0.29, 0.717) is 17.4 Å². The number of hydrogen-bond donors (Lipinski definition) is 2. The zero-order valence-electron chi connectivity index (χ0n) is 17.8. The molecule has 5 aliphatic rings. The van der Waals surface area contributed by atoms with Crippen LogP contribution in [0.25, 0.3) is 5.57 Å². The van der Waals surface area contributed by atoms with Gasteiger partial charge in [0, 0.05) is 11.3 Å². The van der Waals surface area contributed by atoms with Crippen LogP contribution in [0.4, 0.5) is 0 Å². The maximum Gasteiger partial charge on any atom is 0.0991 e. The van der Waals surface area contributed by atoms with Crippen LogP contribution in [0.3, 0.4) is 0 Å². The lowest BCUT2D eigenvalue weighted by molar-refractivity contribution is -0.0389. The number of aliphatic hydroxyl groups is 2. The highest BCUT2D eigenvalue weighted by molar-refractivity contribution is 5.74. The maximum absolute atomic E-state index is 12.3. The van der Waals surface area contributed by atoms with Crippen LogP contribution >= 0.6 is 0 Å². The fourth-order valence-corrected chi connectivity index (χ4v) is 8.16. The summed E-state index contributed by atoms with van der Waals surface area (Å²) in [5.41, 5.74) is 4.02. The quantitative estimate of drug-likeness (QED) is 0.652. The van der Waals surface area contributed by atoms with E-state index in [-0.39, 0.29) is 22.9 Å². The van der Waals surface area contributed by atoms with E-state index in [1.54, 1.807) is 0 Å². The highest BCUT2D eigenvalue weighted by Crippen LogP contribution is 2.74. The van der Waals surface area contributed by atoms with Gasteiger partial charge in [-0.25, -0.2) is 0 Å². The standard InChI is InChI=1S/C27H31NO2/c1-25-12-11-22-23-15-26(23)14-20(29)7-6-19(26)10-13-27(22,30)24(25)9-8-21(25)18-4-2-17(16-28)3-5-18/h2-5,8,11,19-20,23-24,29-30H,6-7,9-10,12-15H2,1H3/t19?,20?,23?,24?,25?,26?,27-/m1/s1. The number of hydrogen-bond acceptors (Lipinski definition) is 3. The zero-order valence-corrected chi connectivity index (χ0v) is 17.8. The molecule has 30 heavy (non-hydrogen) atoms. The molecule has 1 aromatic rings. The summed E-state index contributed by atoms with van der Waals surface area (Å²) < 4.78 is 0. The van der Waals surface area contributed by atoms with Crippen molar-refractivity contribution in [3.8, 4) is 6.07 Å². The summed E-state index contributed by atoms with van der Waals surface area (Å²) in [5, 5.41) is 31.8. The Morgan fingerprint density at radius 3 is 2.63 bits per heavy atom. The number of rotatable bonds is 1. The van der Waals surface area contributed by atoms with E-state index in [1.807, 2.05) is 12.1 Å². The molecule has 7 atom stereocenters. The number of benzene rings is 1. The summed E-state index contributed by atoms with van der Waals surface area (Å²) >= 11 is 0. The first-order valence-corrected chi connectivity index (χ1v) is 11.7. The van der Waals surface area contributed by atoms with E-state index < -0.39 is 5.60 Å². The second-order valence-electron chi connectivity index (χ2n) is 11.0. The van der Waals surface area contributed by atoms with Crippen LogP contribution in [0.15, 0.2) is 42.0 Å². The molecule has 156 valence electrons. The second-order valence-corrected chi connectivity index (χ2v) is 11.0. The topological polar surface area (TPSA) is 64.2 Å². The van der Waals surface area contributed by atoms with Gasteiger partial charge in [0.2, 0.25) is 0 Å².